The average molecular weight is 393 g/mol. The third kappa shape index (κ3) is 3.60. The van der Waals surface area contributed by atoms with E-state index in [1.807, 2.05) is 17.4 Å². The molecule has 4 heterocycles. The molecule has 2 fully saturated rings. The third-order valence-corrected chi connectivity index (χ3v) is 6.80. The van der Waals surface area contributed by atoms with Crippen molar-refractivity contribution < 1.29 is 22.4 Å². The molecule has 2 aliphatic heterocycles. The molecule has 2 saturated heterocycles. The van der Waals surface area contributed by atoms with Gasteiger partial charge in [-0.1, -0.05) is 0 Å². The van der Waals surface area contributed by atoms with Gasteiger partial charge in [0.05, 0.1) is 12.0 Å². The molecular weight excluding hydrogens is 374 g/mol. The third-order valence-electron chi connectivity index (χ3n) is 4.89. The number of nitrogens with one attached hydrogen (secondary N) is 3. The number of imide groups is 1. The highest BCUT2D eigenvalue weighted by molar-refractivity contribution is 7.89. The van der Waals surface area contributed by atoms with Gasteiger partial charge in [-0.25, -0.2) is 17.5 Å². The summed E-state index contributed by atoms with van der Waals surface area (Å²) in [7, 11) is -3.64. The summed E-state index contributed by atoms with van der Waals surface area (Å²) < 4.78 is 31.8. The van der Waals surface area contributed by atoms with E-state index >= 15 is 0 Å². The van der Waals surface area contributed by atoms with Crippen LogP contribution in [0.25, 0.3) is 11.5 Å². The van der Waals surface area contributed by atoms with Crippen LogP contribution < -0.4 is 10.6 Å². The molecule has 144 valence electrons. The molecule has 0 aromatic carbocycles. The number of nitrogens with zero attached hydrogens (tertiary/aromatic N) is 2. The van der Waals surface area contributed by atoms with Crippen molar-refractivity contribution in [2.75, 3.05) is 18.8 Å². The Morgan fingerprint density at radius 1 is 1.26 bits per heavy atom. The second-order valence-corrected chi connectivity index (χ2v) is 8.67. The lowest BCUT2D eigenvalue weighted by atomic mass is 9.94. The van der Waals surface area contributed by atoms with E-state index in [0.29, 0.717) is 37.4 Å². The number of carbonyl (C=O) groups excluding carboxylic acids is 2. The summed E-state index contributed by atoms with van der Waals surface area (Å²) in [5.74, 6) is -0.194. The van der Waals surface area contributed by atoms with Gasteiger partial charge in [0.15, 0.2) is 5.76 Å². The fraction of sp³-hybridized carbons (Fsp3) is 0.438. The van der Waals surface area contributed by atoms with E-state index < -0.39 is 33.8 Å². The van der Waals surface area contributed by atoms with E-state index in [4.69, 9.17) is 4.42 Å². The highest BCUT2D eigenvalue weighted by Gasteiger charge is 2.37. The maximum atomic E-state index is 12.6. The molecular formula is C16H19N5O5S. The summed E-state index contributed by atoms with van der Waals surface area (Å²) in [6.07, 6.45) is 2.87. The van der Waals surface area contributed by atoms with Crippen molar-refractivity contribution in [2.45, 2.75) is 24.8 Å². The Hall–Kier alpha value is -2.66. The molecule has 0 bridgehead atoms. The van der Waals surface area contributed by atoms with Crippen molar-refractivity contribution >= 4 is 22.0 Å². The second kappa shape index (κ2) is 6.82. The number of carbonyl (C=O) groups is 2. The molecule has 1 atom stereocenters. The van der Waals surface area contributed by atoms with Gasteiger partial charge in [-0.15, -0.1) is 0 Å². The van der Waals surface area contributed by atoms with Crippen molar-refractivity contribution in [1.82, 2.24) is 25.1 Å². The first kappa shape index (κ1) is 17.7. The van der Waals surface area contributed by atoms with E-state index in [2.05, 4.69) is 15.5 Å². The lowest BCUT2D eigenvalue weighted by Gasteiger charge is -2.31. The zero-order valence-corrected chi connectivity index (χ0v) is 15.2. The highest BCUT2D eigenvalue weighted by atomic mass is 32.2. The van der Waals surface area contributed by atoms with Gasteiger partial charge in [-0.05, 0) is 31.0 Å². The Labute approximate surface area is 155 Å². The molecule has 2 aromatic heterocycles. The number of hydrogen-bond acceptors (Lipinski definition) is 6. The Bertz CT molecular complexity index is 944. The number of sulfonamides is 1. The van der Waals surface area contributed by atoms with E-state index in [-0.39, 0.29) is 5.92 Å². The molecule has 0 spiro atoms. The van der Waals surface area contributed by atoms with Crippen LogP contribution in [0, 0.1) is 0 Å². The predicted molar refractivity (Wildman–Crippen MR) is 94.1 cm³/mol. The number of rotatable bonds is 5. The van der Waals surface area contributed by atoms with Gasteiger partial charge < -0.3 is 9.73 Å². The monoisotopic (exact) mass is 393 g/mol. The Morgan fingerprint density at radius 2 is 2.04 bits per heavy atom. The number of amides is 3. The minimum Gasteiger partial charge on any atom is -0.463 e. The lowest BCUT2D eigenvalue weighted by Crippen LogP contribution is -2.45. The molecule has 27 heavy (non-hydrogen) atoms. The molecule has 3 N–H and O–H groups in total. The largest absolute Gasteiger partial charge is 0.463 e. The summed E-state index contributed by atoms with van der Waals surface area (Å²) in [5, 5.41) is 11.6. The zero-order chi connectivity index (χ0) is 19.0. The van der Waals surface area contributed by atoms with Gasteiger partial charge >= 0.3 is 6.03 Å². The van der Waals surface area contributed by atoms with Crippen LogP contribution >= 0.6 is 0 Å². The van der Waals surface area contributed by atoms with Crippen LogP contribution in [-0.2, 0) is 14.8 Å². The first-order chi connectivity index (χ1) is 12.9. The Morgan fingerprint density at radius 3 is 2.67 bits per heavy atom. The average Bonchev–Trinajstić information content (AvgIpc) is 3.36. The number of aromatic nitrogens is 2. The van der Waals surface area contributed by atoms with Crippen molar-refractivity contribution in [2.24, 2.45) is 0 Å². The lowest BCUT2D eigenvalue weighted by molar-refractivity contribution is -0.119. The van der Waals surface area contributed by atoms with Crippen LogP contribution in [0.2, 0.25) is 0 Å². The number of piperidine rings is 1. The highest BCUT2D eigenvalue weighted by Crippen LogP contribution is 2.30. The molecule has 0 saturated carbocycles. The SMILES string of the molecule is O=C1NC(=O)[C@@H](CS(=O)(=O)N2CCC(c3cc(-c4ccco4)n[nH]3)CC2)N1. The number of aromatic amines is 1. The van der Waals surface area contributed by atoms with Crippen LogP contribution in [0.15, 0.2) is 28.9 Å². The predicted octanol–water partition coefficient (Wildman–Crippen LogP) is 0.387. The van der Waals surface area contributed by atoms with E-state index in [9.17, 15) is 18.0 Å². The molecule has 3 amide bonds. The first-order valence-corrected chi connectivity index (χ1v) is 10.2. The van der Waals surface area contributed by atoms with Crippen LogP contribution in [-0.4, -0.2) is 59.7 Å². The smallest absolute Gasteiger partial charge is 0.322 e. The number of hydrogen-bond donors (Lipinski definition) is 3. The number of H-pyrrole nitrogens is 1. The van der Waals surface area contributed by atoms with Crippen LogP contribution in [0.4, 0.5) is 4.79 Å². The van der Waals surface area contributed by atoms with Crippen molar-refractivity contribution in [3.05, 3.63) is 30.2 Å². The summed E-state index contributed by atoms with van der Waals surface area (Å²) in [6, 6.07) is 3.84. The van der Waals surface area contributed by atoms with Gasteiger partial charge in [-0.2, -0.15) is 5.10 Å². The molecule has 10 nitrogen and oxygen atoms in total. The van der Waals surface area contributed by atoms with E-state index in [0.717, 1.165) is 5.69 Å². The summed E-state index contributed by atoms with van der Waals surface area (Å²) in [4.78, 5) is 22.7. The standard InChI is InChI=1S/C16H19N5O5S/c22-15-13(17-16(23)18-15)9-27(24,25)21-5-3-10(4-6-21)11-8-12(20-19-11)14-2-1-7-26-14/h1-2,7-8,10,13H,3-6,9H2,(H,19,20)(H2,17,18,22,23)/t13-/m1/s1. The van der Waals surface area contributed by atoms with Gasteiger partial charge in [0, 0.05) is 24.7 Å². The molecule has 0 radical (unpaired) electrons. The van der Waals surface area contributed by atoms with Crippen molar-refractivity contribution in [3.8, 4) is 11.5 Å². The molecule has 4 rings (SSSR count). The number of furan rings is 1. The topological polar surface area (TPSA) is 137 Å². The van der Waals surface area contributed by atoms with E-state index in [1.54, 1.807) is 12.3 Å². The summed E-state index contributed by atoms with van der Waals surface area (Å²) >= 11 is 0. The zero-order valence-electron chi connectivity index (χ0n) is 14.3. The van der Waals surface area contributed by atoms with Gasteiger partial charge in [0.25, 0.3) is 5.91 Å². The molecule has 11 heteroatoms. The quantitative estimate of drug-likeness (QED) is 0.628. The van der Waals surface area contributed by atoms with Crippen molar-refractivity contribution in [3.63, 3.8) is 0 Å². The minimum atomic E-state index is -3.64. The fourth-order valence-electron chi connectivity index (χ4n) is 3.43. The first-order valence-electron chi connectivity index (χ1n) is 8.61. The van der Waals surface area contributed by atoms with Crippen molar-refractivity contribution in [1.29, 1.82) is 0 Å². The second-order valence-electron chi connectivity index (χ2n) is 6.65. The summed E-state index contributed by atoms with van der Waals surface area (Å²) in [5.41, 5.74) is 1.66. The summed E-state index contributed by atoms with van der Waals surface area (Å²) in [6.45, 7) is 0.703. The molecule has 0 unspecified atom stereocenters. The number of urea groups is 1. The maximum absolute atomic E-state index is 12.6. The van der Waals surface area contributed by atoms with Crippen LogP contribution in [0.5, 0.6) is 0 Å². The maximum Gasteiger partial charge on any atom is 0.322 e. The normalized spacial score (nSPS) is 22.0. The van der Waals surface area contributed by atoms with Crippen LogP contribution in [0.1, 0.15) is 24.5 Å². The fourth-order valence-corrected chi connectivity index (χ4v) is 5.07. The van der Waals surface area contributed by atoms with Gasteiger partial charge in [0.2, 0.25) is 10.0 Å². The molecule has 0 aliphatic carbocycles. The molecule has 2 aliphatic rings. The Kier molecular flexibility index (Phi) is 4.48. The Balaban J connectivity index is 1.37. The van der Waals surface area contributed by atoms with Gasteiger partial charge in [-0.3, -0.25) is 15.2 Å². The van der Waals surface area contributed by atoms with E-state index in [1.165, 1.54) is 4.31 Å². The van der Waals surface area contributed by atoms with Crippen LogP contribution in [0.3, 0.4) is 0 Å². The van der Waals surface area contributed by atoms with Gasteiger partial charge in [0.1, 0.15) is 11.7 Å². The minimum absolute atomic E-state index is 0.169. The molecule has 2 aromatic rings.